The molecule has 0 saturated carbocycles. The first-order valence-corrected chi connectivity index (χ1v) is 7.93. The molecule has 0 saturated heterocycles. The molecular formula is C5H14N2O7P2. The first-order valence-electron chi connectivity index (χ1n) is 4.21. The van der Waals surface area contributed by atoms with Crippen LogP contribution in [0.4, 0.5) is 0 Å². The molecule has 0 fully saturated rings. The number of rotatable bonds is 6. The van der Waals surface area contributed by atoms with Crippen LogP contribution in [0, 0.1) is 10.1 Å². The van der Waals surface area contributed by atoms with Gasteiger partial charge in [0.15, 0.2) is 0 Å². The molecule has 0 aromatic heterocycles. The van der Waals surface area contributed by atoms with E-state index >= 15 is 0 Å². The van der Waals surface area contributed by atoms with Crippen LogP contribution < -0.4 is 5.73 Å². The van der Waals surface area contributed by atoms with Gasteiger partial charge in [-0.25, -0.2) is 4.57 Å². The molecule has 0 bridgehead atoms. The maximum absolute atomic E-state index is 11.3. The first-order chi connectivity index (χ1) is 7.00. The highest BCUT2D eigenvalue weighted by Gasteiger charge is 2.65. The van der Waals surface area contributed by atoms with Gasteiger partial charge in [-0.15, -0.1) is 0 Å². The molecule has 0 rings (SSSR count). The largest absolute Gasteiger partial charge is 0.546 e. The molecule has 0 aliphatic heterocycles. The van der Waals surface area contributed by atoms with E-state index in [1.165, 1.54) is 0 Å². The highest BCUT2D eigenvalue weighted by molar-refractivity contribution is 7.74. The van der Waals surface area contributed by atoms with Gasteiger partial charge >= 0.3 is 7.52 Å². The van der Waals surface area contributed by atoms with Crippen molar-refractivity contribution in [1.82, 2.24) is 0 Å². The smallest absolute Gasteiger partial charge is 0.366 e. The summed E-state index contributed by atoms with van der Waals surface area (Å²) in [7, 11) is -9.98. The van der Waals surface area contributed by atoms with Crippen LogP contribution in [0.1, 0.15) is 12.8 Å². The average Bonchev–Trinajstić information content (AvgIpc) is 2.11. The van der Waals surface area contributed by atoms with Gasteiger partial charge < -0.3 is 15.7 Å². The summed E-state index contributed by atoms with van der Waals surface area (Å²) in [5.41, 5.74) is 5.07. The fourth-order valence-electron chi connectivity index (χ4n) is 1.06. The lowest BCUT2D eigenvalue weighted by atomic mass is 10.3. The van der Waals surface area contributed by atoms with E-state index in [-0.39, 0.29) is 13.0 Å². The van der Waals surface area contributed by atoms with Gasteiger partial charge in [0.05, 0.1) is 4.69 Å². The lowest BCUT2D eigenvalue weighted by molar-refractivity contribution is -0.334. The molecule has 0 heterocycles. The van der Waals surface area contributed by atoms with Crippen molar-refractivity contribution in [2.24, 2.45) is 5.73 Å². The van der Waals surface area contributed by atoms with Crippen molar-refractivity contribution in [2.45, 2.75) is 17.9 Å². The zero-order valence-electron chi connectivity index (χ0n) is 8.51. The number of nitrogens with zero attached hydrogens (tertiary/aromatic N) is 1. The summed E-state index contributed by atoms with van der Waals surface area (Å²) in [6, 6.07) is 0. The van der Waals surface area contributed by atoms with Crippen LogP contribution in [-0.4, -0.2) is 37.9 Å². The van der Waals surface area contributed by atoms with E-state index in [0.717, 1.165) is 0 Å². The zero-order chi connectivity index (χ0) is 13.2. The lowest BCUT2D eigenvalue weighted by Crippen LogP contribution is -2.32. The van der Waals surface area contributed by atoms with E-state index in [9.17, 15) is 29.2 Å². The van der Waals surface area contributed by atoms with Crippen molar-refractivity contribution in [1.29, 1.82) is 0 Å². The van der Waals surface area contributed by atoms with Gasteiger partial charge in [-0.2, -0.15) is 0 Å². The number of aliphatic hydroxyl groups is 1. The monoisotopic (exact) mass is 276 g/mol. The highest BCUT2D eigenvalue weighted by atomic mass is 31.2. The topological polar surface area (TPSA) is 164 Å². The molecule has 0 amide bonds. The second-order valence-corrected chi connectivity index (χ2v) is 8.33. The van der Waals surface area contributed by atoms with Gasteiger partial charge in [0, 0.05) is 13.1 Å². The Hall–Kier alpha value is -0.300. The van der Waals surface area contributed by atoms with Crippen LogP contribution in [0.5, 0.6) is 0 Å². The lowest BCUT2D eigenvalue weighted by Gasteiger charge is -2.28. The van der Waals surface area contributed by atoms with E-state index in [1.54, 1.807) is 0 Å². The Labute approximate surface area is 91.4 Å². The van der Waals surface area contributed by atoms with Gasteiger partial charge in [0.2, 0.25) is 7.37 Å². The maximum atomic E-state index is 11.3. The number of hydrogen-bond acceptors (Lipinski definition) is 6. The molecule has 0 aromatic carbocycles. The molecule has 0 aromatic rings. The van der Waals surface area contributed by atoms with E-state index in [0.29, 0.717) is 6.66 Å². The van der Waals surface area contributed by atoms with E-state index in [2.05, 4.69) is 0 Å². The Morgan fingerprint density at radius 3 is 2.12 bits per heavy atom. The Morgan fingerprint density at radius 2 is 1.88 bits per heavy atom. The number of nitrogens with two attached hydrogens (primary N) is 1. The van der Waals surface area contributed by atoms with Gasteiger partial charge in [-0.1, -0.05) is 0 Å². The minimum atomic E-state index is -5.43. The van der Waals surface area contributed by atoms with Crippen molar-refractivity contribution in [3.8, 4) is 0 Å². The maximum Gasteiger partial charge on any atom is 0.546 e. The van der Waals surface area contributed by atoms with Gasteiger partial charge in [-0.05, 0) is 13.0 Å². The van der Waals surface area contributed by atoms with E-state index in [4.69, 9.17) is 10.6 Å². The second-order valence-electron chi connectivity index (χ2n) is 3.33. The van der Waals surface area contributed by atoms with Crippen LogP contribution in [0.15, 0.2) is 0 Å². The summed E-state index contributed by atoms with van der Waals surface area (Å²) >= 11 is 0. The molecule has 0 radical (unpaired) electrons. The third-order valence-corrected chi connectivity index (χ3v) is 7.12. The van der Waals surface area contributed by atoms with Crippen molar-refractivity contribution >= 4 is 14.9 Å². The molecule has 0 aliphatic rings. The SMILES string of the molecule is CP(=O)(O)C(O)(CCCN)P(=O)(O)[N+](=O)[O-]. The minimum Gasteiger partial charge on any atom is -0.366 e. The standard InChI is InChI=1S/C5H14N2O7P2/c1-15(11,12)5(8,3-2-4-6)16(13,14)7(9)10/h8H,2-4,6H2,1H3,(H,11,12)(H,13,14). The van der Waals surface area contributed by atoms with Crippen molar-refractivity contribution in [3.05, 3.63) is 10.1 Å². The fourth-order valence-corrected chi connectivity index (χ4v) is 4.50. The number of hydrogen-bond donors (Lipinski definition) is 4. The molecule has 16 heavy (non-hydrogen) atoms. The minimum absolute atomic E-state index is 0.0416. The predicted molar refractivity (Wildman–Crippen MR) is 55.8 cm³/mol. The number of nitro groups is 1. The van der Waals surface area contributed by atoms with Crippen molar-refractivity contribution in [3.63, 3.8) is 0 Å². The summed E-state index contributed by atoms with van der Waals surface area (Å²) in [5, 5.41) is 16.9. The van der Waals surface area contributed by atoms with Crippen LogP contribution >= 0.6 is 14.9 Å². The molecule has 3 atom stereocenters. The summed E-state index contributed by atoms with van der Waals surface area (Å²) in [6.45, 7) is 0.551. The van der Waals surface area contributed by atoms with Crippen molar-refractivity contribution < 1.29 is 28.7 Å². The Balaban J connectivity index is 5.51. The fraction of sp³-hybridized carbons (Fsp3) is 1.00. The third kappa shape index (κ3) is 2.68. The van der Waals surface area contributed by atoms with E-state index < -0.39 is 31.1 Å². The summed E-state index contributed by atoms with van der Waals surface area (Å²) in [5.74, 6) is 0. The zero-order valence-corrected chi connectivity index (χ0v) is 10.3. The van der Waals surface area contributed by atoms with E-state index in [1.807, 2.05) is 0 Å². The molecule has 3 unspecified atom stereocenters. The third-order valence-electron chi connectivity index (χ3n) is 2.07. The summed E-state index contributed by atoms with van der Waals surface area (Å²) in [4.78, 5) is 28.6. The molecule has 96 valence electrons. The molecule has 0 aliphatic carbocycles. The Morgan fingerprint density at radius 1 is 1.44 bits per heavy atom. The van der Waals surface area contributed by atoms with Crippen LogP contribution in [-0.2, 0) is 9.13 Å². The molecule has 9 nitrogen and oxygen atoms in total. The van der Waals surface area contributed by atoms with Crippen LogP contribution in [0.25, 0.3) is 0 Å². The van der Waals surface area contributed by atoms with Gasteiger partial charge in [0.25, 0.3) is 5.08 Å². The second kappa shape index (κ2) is 4.91. The van der Waals surface area contributed by atoms with Gasteiger partial charge in [0.1, 0.15) is 0 Å². The molecule has 5 N–H and O–H groups in total. The molecule has 11 heteroatoms. The van der Waals surface area contributed by atoms with Gasteiger partial charge in [-0.3, -0.25) is 19.6 Å². The summed E-state index contributed by atoms with van der Waals surface area (Å²) < 4.78 is 21.0. The van der Waals surface area contributed by atoms with Crippen molar-refractivity contribution in [2.75, 3.05) is 13.2 Å². The first kappa shape index (κ1) is 15.7. The Bertz CT molecular complexity index is 366. The van der Waals surface area contributed by atoms with Crippen LogP contribution in [0.3, 0.4) is 0 Å². The van der Waals surface area contributed by atoms with Crippen LogP contribution in [0.2, 0.25) is 0 Å². The molecular weight excluding hydrogens is 262 g/mol. The average molecular weight is 276 g/mol. The Kier molecular flexibility index (Phi) is 4.82. The quantitative estimate of drug-likeness (QED) is 0.292. The molecule has 0 spiro atoms. The highest BCUT2D eigenvalue weighted by Crippen LogP contribution is 2.71. The summed E-state index contributed by atoms with van der Waals surface area (Å²) in [6.07, 6.45) is -0.782. The predicted octanol–water partition coefficient (Wildman–Crippen LogP) is -0.266. The normalized spacial score (nSPS) is 22.8.